The summed E-state index contributed by atoms with van der Waals surface area (Å²) in [6.45, 7) is 6.46. The molecule has 1 saturated heterocycles. The van der Waals surface area contributed by atoms with Gasteiger partial charge in [0.2, 0.25) is 5.91 Å². The Hall–Kier alpha value is -4.57. The van der Waals surface area contributed by atoms with E-state index in [0.717, 1.165) is 11.3 Å². The number of hydrogen-bond donors (Lipinski definition) is 0. The molecule has 2 aliphatic rings. The van der Waals surface area contributed by atoms with Crippen molar-refractivity contribution in [3.05, 3.63) is 100 Å². The summed E-state index contributed by atoms with van der Waals surface area (Å²) < 4.78 is 12.6. The maximum absolute atomic E-state index is 14.2. The molecule has 2 amide bonds. The number of ether oxygens (including phenoxy) is 2. The molecule has 3 heterocycles. The summed E-state index contributed by atoms with van der Waals surface area (Å²) in [4.78, 5) is 48.3. The number of hydrogen-bond acceptors (Lipinski definition) is 7. The van der Waals surface area contributed by atoms with Crippen LogP contribution in [-0.2, 0) is 34.2 Å². The van der Waals surface area contributed by atoms with Crippen LogP contribution in [0.4, 0.5) is 10.5 Å². The highest BCUT2D eigenvalue weighted by Crippen LogP contribution is 2.33. The van der Waals surface area contributed by atoms with Crippen molar-refractivity contribution in [1.29, 1.82) is 0 Å². The summed E-state index contributed by atoms with van der Waals surface area (Å²) >= 11 is 0. The third kappa shape index (κ3) is 7.71. The molecule has 246 valence electrons. The summed E-state index contributed by atoms with van der Waals surface area (Å²) in [6, 6.07) is 18.5. The fourth-order valence-corrected chi connectivity index (χ4v) is 6.29. The molecule has 2 fully saturated rings. The number of pyridine rings is 1. The number of benzene rings is 2. The Labute approximate surface area is 275 Å². The maximum atomic E-state index is 14.2. The molecule has 1 aliphatic carbocycles. The van der Waals surface area contributed by atoms with Gasteiger partial charge >= 0.3 is 6.09 Å². The molecular formula is C37H43N5O5. The predicted molar refractivity (Wildman–Crippen MR) is 180 cm³/mol. The van der Waals surface area contributed by atoms with Crippen LogP contribution in [0.15, 0.2) is 77.9 Å². The molecule has 10 heteroatoms. The maximum Gasteiger partial charge on any atom is 0.410 e. The van der Waals surface area contributed by atoms with Crippen molar-refractivity contribution in [2.75, 3.05) is 11.4 Å². The number of carbonyl (C=O) groups is 2. The number of likely N-dealkylation sites (tertiary alicyclic amines) is 1. The number of fused-ring (bicyclic) bond motifs is 1. The van der Waals surface area contributed by atoms with Crippen molar-refractivity contribution in [1.82, 2.24) is 19.7 Å². The van der Waals surface area contributed by atoms with Crippen molar-refractivity contribution in [3.63, 3.8) is 0 Å². The van der Waals surface area contributed by atoms with Gasteiger partial charge in [-0.15, -0.1) is 0 Å². The van der Waals surface area contributed by atoms with Crippen LogP contribution < -0.4 is 10.5 Å². The minimum absolute atomic E-state index is 0.0146. The molecule has 1 aliphatic heterocycles. The minimum atomic E-state index is -0.672. The zero-order valence-corrected chi connectivity index (χ0v) is 27.4. The lowest BCUT2D eigenvalue weighted by Crippen LogP contribution is -2.59. The van der Waals surface area contributed by atoms with Gasteiger partial charge in [0.15, 0.2) is 0 Å². The van der Waals surface area contributed by atoms with Gasteiger partial charge in [0, 0.05) is 23.8 Å². The second-order valence-corrected chi connectivity index (χ2v) is 13.5. The summed E-state index contributed by atoms with van der Waals surface area (Å²) in [5.74, 6) is 0.302. The SMILES string of the molecule is CC(C)(C)OC(=O)N1CC[C@@H]1C(=O)N(Cc1ccc(C2CCCCC2)cn1)c1ccc2c(=O)n(COCc3ccccc3)ncc2c1. The number of amides is 2. The Kier molecular flexibility index (Phi) is 9.68. The predicted octanol–water partition coefficient (Wildman–Crippen LogP) is 6.56. The van der Waals surface area contributed by atoms with E-state index in [4.69, 9.17) is 14.5 Å². The Morgan fingerprint density at radius 2 is 1.74 bits per heavy atom. The quantitative estimate of drug-likeness (QED) is 0.205. The lowest BCUT2D eigenvalue weighted by molar-refractivity contribution is -0.128. The monoisotopic (exact) mass is 637 g/mol. The molecule has 4 aromatic rings. The van der Waals surface area contributed by atoms with E-state index in [0.29, 0.717) is 42.0 Å². The van der Waals surface area contributed by atoms with E-state index in [1.165, 1.54) is 47.2 Å². The first-order chi connectivity index (χ1) is 22.7. The van der Waals surface area contributed by atoms with Gasteiger partial charge < -0.3 is 14.4 Å². The van der Waals surface area contributed by atoms with Gasteiger partial charge in [-0.3, -0.25) is 19.5 Å². The van der Waals surface area contributed by atoms with Crippen LogP contribution in [0.1, 0.15) is 82.0 Å². The van der Waals surface area contributed by atoms with Crippen LogP contribution in [-0.4, -0.2) is 49.9 Å². The van der Waals surface area contributed by atoms with Crippen LogP contribution in [0.25, 0.3) is 10.8 Å². The van der Waals surface area contributed by atoms with E-state index in [9.17, 15) is 14.4 Å². The van der Waals surface area contributed by atoms with E-state index in [2.05, 4.69) is 11.2 Å². The van der Waals surface area contributed by atoms with E-state index >= 15 is 0 Å². The highest BCUT2D eigenvalue weighted by Gasteiger charge is 2.42. The zero-order chi connectivity index (χ0) is 33.0. The molecule has 47 heavy (non-hydrogen) atoms. The van der Waals surface area contributed by atoms with Crippen molar-refractivity contribution >= 4 is 28.5 Å². The Balaban J connectivity index is 1.25. The first kappa shape index (κ1) is 32.4. The third-order valence-electron chi connectivity index (χ3n) is 8.92. The molecule has 0 unspecified atom stereocenters. The van der Waals surface area contributed by atoms with Gasteiger partial charge in [-0.05, 0) is 81.3 Å². The second kappa shape index (κ2) is 14.0. The smallest absolute Gasteiger partial charge is 0.410 e. The number of rotatable bonds is 9. The summed E-state index contributed by atoms with van der Waals surface area (Å²) in [6.07, 6.45) is 9.72. The molecule has 0 bridgehead atoms. The van der Waals surface area contributed by atoms with Gasteiger partial charge in [0.05, 0.1) is 30.4 Å². The fraction of sp³-hybridized carbons (Fsp3) is 0.432. The number of aromatic nitrogens is 3. The summed E-state index contributed by atoms with van der Waals surface area (Å²) in [5, 5.41) is 5.41. The Morgan fingerprint density at radius 1 is 0.957 bits per heavy atom. The van der Waals surface area contributed by atoms with E-state index in [-0.39, 0.29) is 24.7 Å². The third-order valence-corrected chi connectivity index (χ3v) is 8.92. The first-order valence-corrected chi connectivity index (χ1v) is 16.5. The molecule has 2 aromatic heterocycles. The van der Waals surface area contributed by atoms with Crippen LogP contribution in [0.3, 0.4) is 0 Å². The molecule has 1 saturated carbocycles. The van der Waals surface area contributed by atoms with Crippen LogP contribution >= 0.6 is 0 Å². The normalized spacial score (nSPS) is 16.9. The van der Waals surface area contributed by atoms with E-state index in [1.807, 2.05) is 63.4 Å². The molecule has 0 spiro atoms. The standard InChI is InChI=1S/C37H43N5O5/c1-37(2,3)47-36(45)40-19-18-33(40)35(44)41(23-30-15-14-28(21-38-30)27-12-8-5-9-13-27)31-16-17-32-29(20-31)22-39-42(34(32)43)25-46-24-26-10-6-4-7-11-26/h4,6-7,10-11,14-17,20-22,27,33H,5,8-9,12-13,18-19,23-25H2,1-3H3/t33-/m1/s1. The van der Waals surface area contributed by atoms with Crippen LogP contribution in [0.2, 0.25) is 0 Å². The summed E-state index contributed by atoms with van der Waals surface area (Å²) in [7, 11) is 0. The molecule has 0 radical (unpaired) electrons. The average molecular weight is 638 g/mol. The zero-order valence-electron chi connectivity index (χ0n) is 27.4. The highest BCUT2D eigenvalue weighted by atomic mass is 16.6. The largest absolute Gasteiger partial charge is 0.444 e. The molecule has 0 N–H and O–H groups in total. The van der Waals surface area contributed by atoms with Crippen molar-refractivity contribution in [2.45, 2.75) is 96.7 Å². The lowest BCUT2D eigenvalue weighted by atomic mass is 9.85. The second-order valence-electron chi connectivity index (χ2n) is 13.5. The molecule has 10 nitrogen and oxygen atoms in total. The molecular weight excluding hydrogens is 594 g/mol. The van der Waals surface area contributed by atoms with Crippen molar-refractivity contribution in [3.8, 4) is 0 Å². The van der Waals surface area contributed by atoms with E-state index < -0.39 is 17.7 Å². The Bertz CT molecular complexity index is 1760. The van der Waals surface area contributed by atoms with Crippen molar-refractivity contribution < 1.29 is 19.1 Å². The Morgan fingerprint density at radius 3 is 2.43 bits per heavy atom. The van der Waals surface area contributed by atoms with Gasteiger partial charge in [0.1, 0.15) is 18.4 Å². The minimum Gasteiger partial charge on any atom is -0.444 e. The fourth-order valence-electron chi connectivity index (χ4n) is 6.29. The van der Waals surface area contributed by atoms with Crippen LogP contribution in [0.5, 0.6) is 0 Å². The lowest BCUT2D eigenvalue weighted by Gasteiger charge is -2.42. The summed E-state index contributed by atoms with van der Waals surface area (Å²) in [5.41, 5.74) is 2.62. The topological polar surface area (TPSA) is 107 Å². The van der Waals surface area contributed by atoms with Gasteiger partial charge in [0.25, 0.3) is 5.56 Å². The van der Waals surface area contributed by atoms with Crippen molar-refractivity contribution in [2.24, 2.45) is 0 Å². The average Bonchev–Trinajstić information content (AvgIpc) is 3.04. The van der Waals surface area contributed by atoms with Crippen LogP contribution in [0, 0.1) is 0 Å². The molecule has 2 aromatic carbocycles. The molecule has 6 rings (SSSR count). The number of nitrogens with zero attached hydrogens (tertiary/aromatic N) is 5. The number of anilines is 1. The first-order valence-electron chi connectivity index (χ1n) is 16.5. The molecule has 1 atom stereocenters. The van der Waals surface area contributed by atoms with Gasteiger partial charge in [-0.25, -0.2) is 9.48 Å². The highest BCUT2D eigenvalue weighted by molar-refractivity contribution is 6.01. The van der Waals surface area contributed by atoms with Gasteiger partial charge in [-0.2, -0.15) is 5.10 Å². The number of carbonyl (C=O) groups excluding carboxylic acids is 2. The van der Waals surface area contributed by atoms with E-state index in [1.54, 1.807) is 29.3 Å². The van der Waals surface area contributed by atoms with Gasteiger partial charge in [-0.1, -0.05) is 55.7 Å².